The molecular weight excluding hydrogens is 286 g/mol. The van der Waals surface area contributed by atoms with E-state index in [1.54, 1.807) is 7.11 Å². The molecule has 0 aromatic heterocycles. The largest absolute Gasteiger partial charge is 0.497 e. The number of hydrogen-bond donors (Lipinski definition) is 2. The fourth-order valence-corrected chi connectivity index (χ4v) is 2.64. The minimum absolute atomic E-state index is 0.281. The summed E-state index contributed by atoms with van der Waals surface area (Å²) in [6, 6.07) is 5.98. The van der Waals surface area contributed by atoms with Crippen molar-refractivity contribution in [3.63, 3.8) is 0 Å². The van der Waals surface area contributed by atoms with Crippen molar-refractivity contribution in [2.75, 3.05) is 45.3 Å². The molecule has 0 spiro atoms. The minimum atomic E-state index is 0.281. The van der Waals surface area contributed by atoms with Crippen molar-refractivity contribution in [2.24, 2.45) is 5.73 Å². The van der Waals surface area contributed by atoms with Crippen molar-refractivity contribution in [1.29, 1.82) is 0 Å². The molecule has 21 heavy (non-hydrogen) atoms. The number of nitrogens with two attached hydrogens (primary N) is 1. The Balaban J connectivity index is 2.04. The Morgan fingerprint density at radius 2 is 2.19 bits per heavy atom. The molecule has 2 rings (SSSR count). The van der Waals surface area contributed by atoms with Gasteiger partial charge >= 0.3 is 0 Å². The first kappa shape index (κ1) is 16.0. The van der Waals surface area contributed by atoms with Crippen LogP contribution in [0, 0.1) is 0 Å². The molecule has 1 fully saturated rings. The quantitative estimate of drug-likeness (QED) is 0.776. The first-order chi connectivity index (χ1) is 10.1. The van der Waals surface area contributed by atoms with Gasteiger partial charge in [-0.15, -0.1) is 0 Å². The van der Waals surface area contributed by atoms with Crippen LogP contribution in [0.25, 0.3) is 0 Å². The van der Waals surface area contributed by atoms with E-state index in [4.69, 9.17) is 27.4 Å². The summed E-state index contributed by atoms with van der Waals surface area (Å²) in [6.07, 6.45) is 0. The number of rotatable bonds is 6. The molecule has 0 aliphatic carbocycles. The molecule has 1 aromatic carbocycles. The average Bonchev–Trinajstić information content (AvgIpc) is 2.47. The van der Waals surface area contributed by atoms with Crippen LogP contribution >= 0.6 is 12.2 Å². The van der Waals surface area contributed by atoms with E-state index in [0.29, 0.717) is 4.99 Å². The van der Waals surface area contributed by atoms with Gasteiger partial charge in [-0.05, 0) is 19.1 Å². The molecule has 0 saturated carbocycles. The minimum Gasteiger partial charge on any atom is -0.497 e. The van der Waals surface area contributed by atoms with Crippen molar-refractivity contribution < 1.29 is 9.47 Å². The van der Waals surface area contributed by atoms with Crippen molar-refractivity contribution in [2.45, 2.75) is 13.0 Å². The van der Waals surface area contributed by atoms with E-state index in [1.807, 2.05) is 18.2 Å². The van der Waals surface area contributed by atoms with E-state index in [2.05, 4.69) is 17.1 Å². The molecule has 1 aliphatic rings. The Labute approximate surface area is 131 Å². The Morgan fingerprint density at radius 3 is 2.81 bits per heavy atom. The third kappa shape index (κ3) is 4.56. The molecule has 1 aromatic rings. The zero-order valence-electron chi connectivity index (χ0n) is 12.6. The highest BCUT2D eigenvalue weighted by Crippen LogP contribution is 2.23. The van der Waals surface area contributed by atoms with Gasteiger partial charge in [0.25, 0.3) is 0 Å². The number of anilines is 1. The summed E-state index contributed by atoms with van der Waals surface area (Å²) in [5.41, 5.74) is 7.56. The first-order valence-electron chi connectivity index (χ1n) is 7.14. The third-order valence-corrected chi connectivity index (χ3v) is 3.75. The second-order valence-corrected chi connectivity index (χ2v) is 5.67. The Hall–Kier alpha value is -1.37. The molecule has 3 N–H and O–H groups in total. The normalized spacial score (nSPS) is 17.2. The van der Waals surface area contributed by atoms with Crippen LogP contribution in [-0.2, 0) is 4.74 Å². The Bertz CT molecular complexity index is 490. The maximum atomic E-state index is 5.79. The van der Waals surface area contributed by atoms with Crippen LogP contribution in [0.1, 0.15) is 12.5 Å². The summed E-state index contributed by atoms with van der Waals surface area (Å²) in [6.45, 7) is 6.68. The Kier molecular flexibility index (Phi) is 5.78. The van der Waals surface area contributed by atoms with Gasteiger partial charge in [0.2, 0.25) is 0 Å². The van der Waals surface area contributed by atoms with Gasteiger partial charge in [0.1, 0.15) is 10.7 Å². The summed E-state index contributed by atoms with van der Waals surface area (Å²) >= 11 is 5.11. The summed E-state index contributed by atoms with van der Waals surface area (Å²) in [5, 5.41) is 3.48. The predicted octanol–water partition coefficient (Wildman–Crippen LogP) is 1.46. The summed E-state index contributed by atoms with van der Waals surface area (Å²) in [5.74, 6) is 0.788. The van der Waals surface area contributed by atoms with Gasteiger partial charge in [-0.2, -0.15) is 0 Å². The number of hydrogen-bond acceptors (Lipinski definition) is 5. The van der Waals surface area contributed by atoms with Crippen LogP contribution in [-0.4, -0.2) is 55.9 Å². The summed E-state index contributed by atoms with van der Waals surface area (Å²) < 4.78 is 10.6. The number of nitrogens with zero attached hydrogens (tertiary/aromatic N) is 1. The fraction of sp³-hybridized carbons (Fsp3) is 0.533. The van der Waals surface area contributed by atoms with E-state index in [-0.39, 0.29) is 6.04 Å². The van der Waals surface area contributed by atoms with Crippen molar-refractivity contribution in [3.8, 4) is 5.75 Å². The van der Waals surface area contributed by atoms with Crippen molar-refractivity contribution in [3.05, 3.63) is 23.8 Å². The fourth-order valence-electron chi connectivity index (χ4n) is 2.47. The van der Waals surface area contributed by atoms with E-state index < -0.39 is 0 Å². The lowest BCUT2D eigenvalue weighted by Gasteiger charge is -2.30. The van der Waals surface area contributed by atoms with Crippen molar-refractivity contribution in [1.82, 2.24) is 4.90 Å². The summed E-state index contributed by atoms with van der Waals surface area (Å²) in [4.78, 5) is 2.78. The van der Waals surface area contributed by atoms with Gasteiger partial charge < -0.3 is 20.5 Å². The number of nitrogens with one attached hydrogen (secondary N) is 1. The lowest BCUT2D eigenvalue weighted by Crippen LogP contribution is -2.42. The van der Waals surface area contributed by atoms with Gasteiger partial charge in [0.05, 0.1) is 20.3 Å². The van der Waals surface area contributed by atoms with Crippen LogP contribution in [0.15, 0.2) is 18.2 Å². The van der Waals surface area contributed by atoms with E-state index in [1.165, 1.54) is 0 Å². The van der Waals surface area contributed by atoms with E-state index >= 15 is 0 Å². The molecule has 1 saturated heterocycles. The monoisotopic (exact) mass is 309 g/mol. The second-order valence-electron chi connectivity index (χ2n) is 5.23. The van der Waals surface area contributed by atoms with Gasteiger partial charge in [-0.3, -0.25) is 4.90 Å². The van der Waals surface area contributed by atoms with Gasteiger partial charge in [0.15, 0.2) is 0 Å². The number of benzene rings is 1. The molecule has 1 aliphatic heterocycles. The number of morpholine rings is 1. The molecule has 0 bridgehead atoms. The number of thiocarbonyl (C=S) groups is 1. The van der Waals surface area contributed by atoms with Crippen LogP contribution in [0.5, 0.6) is 5.75 Å². The molecule has 0 amide bonds. The van der Waals surface area contributed by atoms with Crippen LogP contribution in [0.3, 0.4) is 0 Å². The molecule has 6 heteroatoms. The third-order valence-electron chi connectivity index (χ3n) is 3.53. The second kappa shape index (κ2) is 7.59. The Morgan fingerprint density at radius 1 is 1.48 bits per heavy atom. The standard InChI is InChI=1S/C15H23N3O2S/c1-11(10-18-5-7-20-8-6-18)17-14-9-12(19-2)3-4-13(14)15(16)21/h3-4,9,11,17H,5-8,10H2,1-2H3,(H2,16,21). The zero-order valence-corrected chi connectivity index (χ0v) is 13.4. The van der Waals surface area contributed by atoms with Crippen LogP contribution < -0.4 is 15.8 Å². The van der Waals surface area contributed by atoms with E-state index in [9.17, 15) is 0 Å². The molecule has 0 radical (unpaired) electrons. The molecule has 5 nitrogen and oxygen atoms in total. The maximum Gasteiger partial charge on any atom is 0.120 e. The highest BCUT2D eigenvalue weighted by atomic mass is 32.1. The molecule has 1 unspecified atom stereocenters. The predicted molar refractivity (Wildman–Crippen MR) is 89.2 cm³/mol. The zero-order chi connectivity index (χ0) is 15.2. The van der Waals surface area contributed by atoms with Crippen molar-refractivity contribution >= 4 is 22.9 Å². The molecular formula is C15H23N3O2S. The SMILES string of the molecule is COc1ccc(C(N)=S)c(NC(C)CN2CCOCC2)c1. The number of methoxy groups -OCH3 is 1. The maximum absolute atomic E-state index is 5.79. The first-order valence-corrected chi connectivity index (χ1v) is 7.55. The topological polar surface area (TPSA) is 59.8 Å². The lowest BCUT2D eigenvalue weighted by molar-refractivity contribution is 0.0368. The van der Waals surface area contributed by atoms with Gasteiger partial charge in [-0.1, -0.05) is 12.2 Å². The molecule has 1 atom stereocenters. The molecule has 116 valence electrons. The highest BCUT2D eigenvalue weighted by molar-refractivity contribution is 7.80. The lowest BCUT2D eigenvalue weighted by atomic mass is 10.1. The van der Waals surface area contributed by atoms with Crippen LogP contribution in [0.4, 0.5) is 5.69 Å². The average molecular weight is 309 g/mol. The smallest absolute Gasteiger partial charge is 0.120 e. The number of ether oxygens (including phenoxy) is 2. The van der Waals surface area contributed by atoms with Gasteiger partial charge in [-0.25, -0.2) is 0 Å². The highest BCUT2D eigenvalue weighted by Gasteiger charge is 2.15. The molecule has 1 heterocycles. The van der Waals surface area contributed by atoms with Gasteiger partial charge in [0, 0.05) is 43.0 Å². The summed E-state index contributed by atoms with van der Waals surface area (Å²) in [7, 11) is 1.65. The van der Waals surface area contributed by atoms with E-state index in [0.717, 1.165) is 49.8 Å². The van der Waals surface area contributed by atoms with Crippen LogP contribution in [0.2, 0.25) is 0 Å².